The van der Waals surface area contributed by atoms with E-state index in [1.54, 1.807) is 55.8 Å². The maximum atomic E-state index is 12.7. The number of benzene rings is 2. The molecular formula is C21H24N4O4S. The van der Waals surface area contributed by atoms with Gasteiger partial charge in [0, 0.05) is 50.1 Å². The number of urea groups is 1. The topological polar surface area (TPSA) is 76.2 Å². The first-order chi connectivity index (χ1) is 14.6. The number of fused-ring (bicyclic) bond motifs is 1. The second-order valence-electron chi connectivity index (χ2n) is 6.84. The predicted molar refractivity (Wildman–Crippen MR) is 119 cm³/mol. The van der Waals surface area contributed by atoms with Crippen LogP contribution in [0.25, 0.3) is 10.2 Å². The molecule has 1 N–H and O–H groups in total. The molecule has 0 spiro atoms. The summed E-state index contributed by atoms with van der Waals surface area (Å²) in [6.07, 6.45) is 0. The first-order valence-electron chi connectivity index (χ1n) is 9.58. The van der Waals surface area contributed by atoms with Crippen LogP contribution in [0.5, 0.6) is 17.2 Å². The van der Waals surface area contributed by atoms with Gasteiger partial charge < -0.3 is 29.3 Å². The number of ether oxygens (including phenoxy) is 3. The normalized spacial score (nSPS) is 14.0. The SMILES string of the molecule is COc1cc(NC(=O)N2CCN(c3nc4ccc(OC)cc4s3)CC2)cc(OC)c1. The van der Waals surface area contributed by atoms with Gasteiger partial charge in [0.15, 0.2) is 5.13 Å². The first-order valence-corrected chi connectivity index (χ1v) is 10.4. The van der Waals surface area contributed by atoms with Gasteiger partial charge in [-0.3, -0.25) is 0 Å². The zero-order valence-corrected chi connectivity index (χ0v) is 18.0. The van der Waals surface area contributed by atoms with E-state index in [0.29, 0.717) is 30.3 Å². The van der Waals surface area contributed by atoms with E-state index in [-0.39, 0.29) is 6.03 Å². The Morgan fingerprint density at radius 2 is 1.60 bits per heavy atom. The number of carbonyl (C=O) groups excluding carboxylic acids is 1. The number of methoxy groups -OCH3 is 3. The molecule has 2 amide bonds. The van der Waals surface area contributed by atoms with Crippen LogP contribution in [-0.4, -0.2) is 63.4 Å². The number of anilines is 2. The third kappa shape index (κ3) is 4.20. The number of rotatable bonds is 5. The maximum absolute atomic E-state index is 12.7. The molecule has 1 aliphatic heterocycles. The van der Waals surface area contributed by atoms with Crippen LogP contribution in [0.1, 0.15) is 0 Å². The molecule has 0 radical (unpaired) electrons. The lowest BCUT2D eigenvalue weighted by Crippen LogP contribution is -2.50. The molecule has 0 unspecified atom stereocenters. The highest BCUT2D eigenvalue weighted by atomic mass is 32.1. The number of aromatic nitrogens is 1. The fourth-order valence-corrected chi connectivity index (χ4v) is 4.38. The van der Waals surface area contributed by atoms with E-state index in [4.69, 9.17) is 19.2 Å². The molecule has 3 aromatic rings. The van der Waals surface area contributed by atoms with Crippen molar-refractivity contribution in [3.8, 4) is 17.2 Å². The summed E-state index contributed by atoms with van der Waals surface area (Å²) in [6, 6.07) is 11.1. The summed E-state index contributed by atoms with van der Waals surface area (Å²) < 4.78 is 16.9. The van der Waals surface area contributed by atoms with E-state index < -0.39 is 0 Å². The Balaban J connectivity index is 1.39. The second-order valence-corrected chi connectivity index (χ2v) is 7.84. The van der Waals surface area contributed by atoms with Gasteiger partial charge in [0.1, 0.15) is 17.2 Å². The van der Waals surface area contributed by atoms with Crippen molar-refractivity contribution >= 4 is 38.4 Å². The van der Waals surface area contributed by atoms with Crippen LogP contribution in [0, 0.1) is 0 Å². The van der Waals surface area contributed by atoms with Crippen molar-refractivity contribution in [3.63, 3.8) is 0 Å². The molecule has 158 valence electrons. The summed E-state index contributed by atoms with van der Waals surface area (Å²) in [7, 11) is 4.82. The van der Waals surface area contributed by atoms with Gasteiger partial charge in [-0.1, -0.05) is 11.3 Å². The minimum Gasteiger partial charge on any atom is -0.497 e. The molecular weight excluding hydrogens is 404 g/mol. The highest BCUT2D eigenvalue weighted by Crippen LogP contribution is 2.32. The van der Waals surface area contributed by atoms with Crippen LogP contribution in [0.3, 0.4) is 0 Å². The number of amides is 2. The third-order valence-electron chi connectivity index (χ3n) is 5.02. The van der Waals surface area contributed by atoms with Crippen molar-refractivity contribution in [1.82, 2.24) is 9.88 Å². The lowest BCUT2D eigenvalue weighted by atomic mass is 10.2. The molecule has 0 saturated carbocycles. The van der Waals surface area contributed by atoms with E-state index in [1.165, 1.54) is 0 Å². The first kappa shape index (κ1) is 20.1. The van der Waals surface area contributed by atoms with Crippen LogP contribution < -0.4 is 24.4 Å². The van der Waals surface area contributed by atoms with Gasteiger partial charge >= 0.3 is 6.03 Å². The summed E-state index contributed by atoms with van der Waals surface area (Å²) in [4.78, 5) is 21.5. The van der Waals surface area contributed by atoms with Crippen molar-refractivity contribution in [3.05, 3.63) is 36.4 Å². The van der Waals surface area contributed by atoms with Crippen LogP contribution in [0.2, 0.25) is 0 Å². The molecule has 1 saturated heterocycles. The number of piperazine rings is 1. The summed E-state index contributed by atoms with van der Waals surface area (Å²) in [5, 5.41) is 3.90. The Morgan fingerprint density at radius 1 is 0.933 bits per heavy atom. The molecule has 1 aromatic heterocycles. The summed E-state index contributed by atoms with van der Waals surface area (Å²) >= 11 is 1.64. The summed E-state index contributed by atoms with van der Waals surface area (Å²) in [5.74, 6) is 2.08. The maximum Gasteiger partial charge on any atom is 0.321 e. The van der Waals surface area contributed by atoms with E-state index in [0.717, 1.165) is 34.2 Å². The Kier molecular flexibility index (Phi) is 5.80. The largest absolute Gasteiger partial charge is 0.497 e. The van der Waals surface area contributed by atoms with Gasteiger partial charge in [-0.15, -0.1) is 0 Å². The zero-order chi connectivity index (χ0) is 21.1. The smallest absolute Gasteiger partial charge is 0.321 e. The molecule has 0 bridgehead atoms. The molecule has 9 heteroatoms. The van der Waals surface area contributed by atoms with Gasteiger partial charge in [0.05, 0.1) is 31.5 Å². The van der Waals surface area contributed by atoms with Gasteiger partial charge in [-0.25, -0.2) is 9.78 Å². The van der Waals surface area contributed by atoms with Crippen LogP contribution in [-0.2, 0) is 0 Å². The van der Waals surface area contributed by atoms with E-state index in [2.05, 4.69) is 10.2 Å². The fourth-order valence-electron chi connectivity index (χ4n) is 3.34. The molecule has 1 fully saturated rings. The minimum absolute atomic E-state index is 0.140. The Hall–Kier alpha value is -3.20. The lowest BCUT2D eigenvalue weighted by Gasteiger charge is -2.34. The fraction of sp³-hybridized carbons (Fsp3) is 0.333. The van der Waals surface area contributed by atoms with Crippen molar-refractivity contribution in [2.45, 2.75) is 0 Å². The molecule has 2 heterocycles. The number of carbonyl (C=O) groups is 1. The third-order valence-corrected chi connectivity index (χ3v) is 6.10. The van der Waals surface area contributed by atoms with Gasteiger partial charge in [-0.2, -0.15) is 0 Å². The highest BCUT2D eigenvalue weighted by Gasteiger charge is 2.23. The van der Waals surface area contributed by atoms with Crippen molar-refractivity contribution in [1.29, 1.82) is 0 Å². The van der Waals surface area contributed by atoms with Crippen LogP contribution in [0.4, 0.5) is 15.6 Å². The molecule has 2 aromatic carbocycles. The summed E-state index contributed by atoms with van der Waals surface area (Å²) in [6.45, 7) is 2.69. The monoisotopic (exact) mass is 428 g/mol. The van der Waals surface area contributed by atoms with E-state index in [9.17, 15) is 4.79 Å². The number of nitrogens with one attached hydrogen (secondary N) is 1. The van der Waals surface area contributed by atoms with Crippen molar-refractivity contribution in [2.24, 2.45) is 0 Å². The molecule has 4 rings (SSSR count). The Morgan fingerprint density at radius 3 is 2.23 bits per heavy atom. The van der Waals surface area contributed by atoms with Crippen LogP contribution in [0.15, 0.2) is 36.4 Å². The Bertz CT molecular complexity index is 1020. The molecule has 0 atom stereocenters. The molecule has 8 nitrogen and oxygen atoms in total. The van der Waals surface area contributed by atoms with E-state index >= 15 is 0 Å². The van der Waals surface area contributed by atoms with Crippen LogP contribution >= 0.6 is 11.3 Å². The quantitative estimate of drug-likeness (QED) is 0.668. The van der Waals surface area contributed by atoms with Gasteiger partial charge in [0.2, 0.25) is 0 Å². The molecule has 1 aliphatic rings. The van der Waals surface area contributed by atoms with E-state index in [1.807, 2.05) is 18.2 Å². The Labute approximate surface area is 179 Å². The zero-order valence-electron chi connectivity index (χ0n) is 17.2. The summed E-state index contributed by atoms with van der Waals surface area (Å²) in [5.41, 5.74) is 1.60. The standard InChI is InChI=1S/C21H24N4O4S/c1-27-15-4-5-18-19(13-15)30-21(23-18)25-8-6-24(7-9-25)20(26)22-14-10-16(28-2)12-17(11-14)29-3/h4-5,10-13H,6-9H2,1-3H3,(H,22,26). The predicted octanol–water partition coefficient (Wildman–Crippen LogP) is 3.68. The second kappa shape index (κ2) is 8.66. The van der Waals surface area contributed by atoms with Gasteiger partial charge in [0.25, 0.3) is 0 Å². The highest BCUT2D eigenvalue weighted by molar-refractivity contribution is 7.22. The number of hydrogen-bond acceptors (Lipinski definition) is 7. The molecule has 30 heavy (non-hydrogen) atoms. The minimum atomic E-state index is -0.140. The number of thiazole rings is 1. The lowest BCUT2D eigenvalue weighted by molar-refractivity contribution is 0.208. The van der Waals surface area contributed by atoms with Gasteiger partial charge in [-0.05, 0) is 18.2 Å². The number of nitrogens with zero attached hydrogens (tertiary/aromatic N) is 3. The van der Waals surface area contributed by atoms with Crippen molar-refractivity contribution < 1.29 is 19.0 Å². The average molecular weight is 429 g/mol. The molecule has 0 aliphatic carbocycles. The van der Waals surface area contributed by atoms with Crippen molar-refractivity contribution in [2.75, 3.05) is 57.7 Å². The average Bonchev–Trinajstić information content (AvgIpc) is 3.22. The number of hydrogen-bond donors (Lipinski definition) is 1.